The van der Waals surface area contributed by atoms with Crippen LogP contribution in [0.1, 0.15) is 26.0 Å². The van der Waals surface area contributed by atoms with Gasteiger partial charge in [0.15, 0.2) is 0 Å². The largest absolute Gasteiger partial charge is 0.366 e. The zero-order valence-electron chi connectivity index (χ0n) is 8.79. The Bertz CT molecular complexity index is 288. The zero-order valence-corrected chi connectivity index (χ0v) is 9.54. The van der Waals surface area contributed by atoms with Crippen molar-refractivity contribution in [3.8, 4) is 0 Å². The lowest BCUT2D eigenvalue weighted by atomic mass is 10.2. The monoisotopic (exact) mass is 213 g/mol. The second-order valence-corrected chi connectivity index (χ2v) is 4.30. The van der Waals surface area contributed by atoms with E-state index in [0.29, 0.717) is 6.04 Å². The van der Waals surface area contributed by atoms with Gasteiger partial charge in [-0.3, -0.25) is 4.98 Å². The van der Waals surface area contributed by atoms with Crippen LogP contribution in [0.3, 0.4) is 0 Å². The van der Waals surface area contributed by atoms with Gasteiger partial charge in [0.05, 0.1) is 5.69 Å². The lowest BCUT2D eigenvalue weighted by molar-refractivity contribution is 0.692. The predicted octanol–water partition coefficient (Wildman–Crippen LogP) is 2.60. The Labute approximate surface area is 89.9 Å². The van der Waals surface area contributed by atoms with E-state index in [1.165, 1.54) is 0 Å². The Balaban J connectivity index is 2.56. The van der Waals surface area contributed by atoms with Crippen molar-refractivity contribution in [1.29, 1.82) is 0 Å². The third kappa shape index (κ3) is 3.50. The average molecular weight is 214 g/mol. The standard InChI is InChI=1S/C10H16ClN3/c1-7(11)6-8(2)14-10-9(3)12-4-5-13-10/h4-5,7-8H,6H2,1-3H3,(H,13,14). The van der Waals surface area contributed by atoms with E-state index in [1.807, 2.05) is 13.8 Å². The topological polar surface area (TPSA) is 37.8 Å². The van der Waals surface area contributed by atoms with Crippen LogP contribution in [-0.2, 0) is 0 Å². The van der Waals surface area contributed by atoms with Crippen molar-refractivity contribution in [3.05, 3.63) is 18.1 Å². The molecule has 0 saturated heterocycles. The molecule has 0 aliphatic heterocycles. The van der Waals surface area contributed by atoms with Crippen LogP contribution in [0.5, 0.6) is 0 Å². The maximum atomic E-state index is 5.90. The smallest absolute Gasteiger partial charge is 0.147 e. The molecule has 0 bridgehead atoms. The van der Waals surface area contributed by atoms with Crippen molar-refractivity contribution in [3.63, 3.8) is 0 Å². The first kappa shape index (κ1) is 11.2. The molecule has 0 aliphatic rings. The number of nitrogens with one attached hydrogen (secondary N) is 1. The fourth-order valence-electron chi connectivity index (χ4n) is 1.33. The molecule has 1 heterocycles. The van der Waals surface area contributed by atoms with E-state index in [1.54, 1.807) is 12.4 Å². The van der Waals surface area contributed by atoms with Crippen molar-refractivity contribution in [2.75, 3.05) is 5.32 Å². The lowest BCUT2D eigenvalue weighted by Gasteiger charge is -2.16. The quantitative estimate of drug-likeness (QED) is 0.782. The first-order chi connectivity index (χ1) is 6.59. The van der Waals surface area contributed by atoms with Crippen molar-refractivity contribution >= 4 is 17.4 Å². The molecule has 78 valence electrons. The van der Waals surface area contributed by atoms with Crippen LogP contribution in [0.15, 0.2) is 12.4 Å². The number of rotatable bonds is 4. The van der Waals surface area contributed by atoms with Gasteiger partial charge in [-0.2, -0.15) is 0 Å². The molecular formula is C10H16ClN3. The number of hydrogen-bond acceptors (Lipinski definition) is 3. The normalized spacial score (nSPS) is 14.9. The third-order valence-electron chi connectivity index (χ3n) is 1.94. The van der Waals surface area contributed by atoms with Crippen LogP contribution in [0.2, 0.25) is 0 Å². The van der Waals surface area contributed by atoms with E-state index >= 15 is 0 Å². The maximum absolute atomic E-state index is 5.90. The van der Waals surface area contributed by atoms with Gasteiger partial charge in [-0.25, -0.2) is 4.98 Å². The molecule has 0 fully saturated rings. The van der Waals surface area contributed by atoms with E-state index < -0.39 is 0 Å². The lowest BCUT2D eigenvalue weighted by Crippen LogP contribution is -2.20. The molecule has 2 unspecified atom stereocenters. The van der Waals surface area contributed by atoms with Gasteiger partial charge in [0.25, 0.3) is 0 Å². The Morgan fingerprint density at radius 1 is 1.36 bits per heavy atom. The summed E-state index contributed by atoms with van der Waals surface area (Å²) in [5.41, 5.74) is 0.918. The summed E-state index contributed by atoms with van der Waals surface area (Å²) in [4.78, 5) is 8.36. The highest BCUT2D eigenvalue weighted by molar-refractivity contribution is 6.20. The summed E-state index contributed by atoms with van der Waals surface area (Å²) in [5, 5.41) is 3.46. The van der Waals surface area contributed by atoms with Gasteiger partial charge in [0.2, 0.25) is 0 Å². The van der Waals surface area contributed by atoms with Crippen LogP contribution in [-0.4, -0.2) is 21.4 Å². The molecule has 0 aromatic carbocycles. The Morgan fingerprint density at radius 3 is 2.57 bits per heavy atom. The minimum Gasteiger partial charge on any atom is -0.366 e. The van der Waals surface area contributed by atoms with E-state index in [9.17, 15) is 0 Å². The summed E-state index contributed by atoms with van der Waals surface area (Å²) in [6.45, 7) is 6.02. The van der Waals surface area contributed by atoms with Gasteiger partial charge in [-0.15, -0.1) is 11.6 Å². The number of anilines is 1. The van der Waals surface area contributed by atoms with Gasteiger partial charge in [0.1, 0.15) is 5.82 Å². The second-order valence-electron chi connectivity index (χ2n) is 3.55. The molecule has 0 aliphatic carbocycles. The maximum Gasteiger partial charge on any atom is 0.147 e. The molecule has 0 radical (unpaired) electrons. The van der Waals surface area contributed by atoms with Gasteiger partial charge in [0, 0.05) is 23.8 Å². The van der Waals surface area contributed by atoms with E-state index in [-0.39, 0.29) is 5.38 Å². The number of aromatic nitrogens is 2. The molecule has 1 N–H and O–H groups in total. The van der Waals surface area contributed by atoms with Crippen LogP contribution in [0.25, 0.3) is 0 Å². The number of nitrogens with zero attached hydrogens (tertiary/aromatic N) is 2. The molecule has 1 aromatic heterocycles. The van der Waals surface area contributed by atoms with Gasteiger partial charge < -0.3 is 5.32 Å². The highest BCUT2D eigenvalue weighted by atomic mass is 35.5. The second kappa shape index (κ2) is 5.15. The van der Waals surface area contributed by atoms with Crippen LogP contribution in [0, 0.1) is 6.92 Å². The number of halogens is 1. The first-order valence-electron chi connectivity index (χ1n) is 4.78. The molecule has 3 nitrogen and oxygen atoms in total. The summed E-state index contributed by atoms with van der Waals surface area (Å²) < 4.78 is 0. The Hall–Kier alpha value is -0.830. The van der Waals surface area contributed by atoms with Crippen molar-refractivity contribution < 1.29 is 0 Å². The Morgan fingerprint density at radius 2 is 2.00 bits per heavy atom. The van der Waals surface area contributed by atoms with E-state index in [0.717, 1.165) is 17.9 Å². The van der Waals surface area contributed by atoms with Gasteiger partial charge in [-0.1, -0.05) is 0 Å². The van der Waals surface area contributed by atoms with Crippen LogP contribution in [0.4, 0.5) is 5.82 Å². The van der Waals surface area contributed by atoms with Crippen molar-refractivity contribution in [1.82, 2.24) is 9.97 Å². The fourth-order valence-corrected chi connectivity index (χ4v) is 1.60. The summed E-state index contributed by atoms with van der Waals surface area (Å²) in [6.07, 6.45) is 4.29. The van der Waals surface area contributed by atoms with Crippen molar-refractivity contribution in [2.24, 2.45) is 0 Å². The van der Waals surface area contributed by atoms with Gasteiger partial charge >= 0.3 is 0 Å². The summed E-state index contributed by atoms with van der Waals surface area (Å²) in [5.74, 6) is 0.845. The van der Waals surface area contributed by atoms with Gasteiger partial charge in [-0.05, 0) is 27.2 Å². The van der Waals surface area contributed by atoms with E-state index in [4.69, 9.17) is 11.6 Å². The molecule has 0 amide bonds. The fraction of sp³-hybridized carbons (Fsp3) is 0.600. The number of alkyl halides is 1. The minimum absolute atomic E-state index is 0.175. The number of hydrogen-bond donors (Lipinski definition) is 1. The molecule has 4 heteroatoms. The SMILES string of the molecule is Cc1nccnc1NC(C)CC(C)Cl. The third-order valence-corrected chi connectivity index (χ3v) is 2.12. The molecular weight excluding hydrogens is 198 g/mol. The summed E-state index contributed by atoms with van der Waals surface area (Å²) >= 11 is 5.90. The highest BCUT2D eigenvalue weighted by Crippen LogP contribution is 2.12. The van der Waals surface area contributed by atoms with Crippen LogP contribution < -0.4 is 5.32 Å². The zero-order chi connectivity index (χ0) is 10.6. The first-order valence-corrected chi connectivity index (χ1v) is 5.21. The highest BCUT2D eigenvalue weighted by Gasteiger charge is 2.08. The predicted molar refractivity (Wildman–Crippen MR) is 59.8 cm³/mol. The molecule has 0 saturated carbocycles. The number of aryl methyl sites for hydroxylation is 1. The Kier molecular flexibility index (Phi) is 4.14. The molecule has 14 heavy (non-hydrogen) atoms. The molecule has 0 spiro atoms. The summed E-state index contributed by atoms with van der Waals surface area (Å²) in [7, 11) is 0. The summed E-state index contributed by atoms with van der Waals surface area (Å²) in [6, 6.07) is 0.317. The van der Waals surface area contributed by atoms with Crippen LogP contribution >= 0.6 is 11.6 Å². The molecule has 2 atom stereocenters. The molecule has 1 rings (SSSR count). The average Bonchev–Trinajstić information content (AvgIpc) is 2.07. The minimum atomic E-state index is 0.175. The molecule has 1 aromatic rings. The van der Waals surface area contributed by atoms with E-state index in [2.05, 4.69) is 22.2 Å². The van der Waals surface area contributed by atoms with Crippen molar-refractivity contribution in [2.45, 2.75) is 38.6 Å².